The van der Waals surface area contributed by atoms with Gasteiger partial charge in [0.15, 0.2) is 5.65 Å². The largest absolute Gasteiger partial charge is 0.507 e. The van der Waals surface area contributed by atoms with Crippen molar-refractivity contribution in [1.29, 1.82) is 5.26 Å². The minimum absolute atomic E-state index is 0.168. The van der Waals surface area contributed by atoms with Crippen LogP contribution in [-0.4, -0.2) is 38.8 Å². The van der Waals surface area contributed by atoms with E-state index in [4.69, 9.17) is 10.2 Å². The smallest absolute Gasteiger partial charge is 0.319 e. The molecule has 2 aromatic heterocycles. The van der Waals surface area contributed by atoms with E-state index in [1.54, 1.807) is 40.9 Å². The highest BCUT2D eigenvalue weighted by molar-refractivity contribution is 5.89. The molecule has 9 heteroatoms. The number of urea groups is 1. The van der Waals surface area contributed by atoms with E-state index in [0.717, 1.165) is 29.9 Å². The molecular formula is C26H25N7O2. The number of rotatable bonds is 7. The maximum absolute atomic E-state index is 12.2. The van der Waals surface area contributed by atoms with Gasteiger partial charge in [-0.2, -0.15) is 14.9 Å². The molecule has 0 spiro atoms. The fourth-order valence-electron chi connectivity index (χ4n) is 4.11. The Bertz CT molecular complexity index is 1400. The molecule has 0 bridgehead atoms. The fraction of sp³-hybridized carbons (Fsp3) is 0.231. The summed E-state index contributed by atoms with van der Waals surface area (Å²) in [5, 5.41) is 32.7. The molecule has 0 saturated heterocycles. The summed E-state index contributed by atoms with van der Waals surface area (Å²) in [6, 6.07) is 17.4. The average molecular weight is 468 g/mol. The van der Waals surface area contributed by atoms with Crippen LogP contribution in [0.1, 0.15) is 36.3 Å². The molecule has 0 radical (unpaired) electrons. The van der Waals surface area contributed by atoms with Gasteiger partial charge in [0.1, 0.15) is 11.6 Å². The highest BCUT2D eigenvalue weighted by atomic mass is 16.3. The maximum Gasteiger partial charge on any atom is 0.319 e. The molecule has 0 aliphatic heterocycles. The number of phenols is 1. The molecule has 2 heterocycles. The lowest BCUT2D eigenvalue weighted by molar-refractivity contribution is 0.252. The molecule has 1 fully saturated rings. The normalized spacial score (nSPS) is 13.1. The van der Waals surface area contributed by atoms with Crippen LogP contribution in [0.4, 0.5) is 16.3 Å². The number of carbonyl (C=O) groups excluding carboxylic acids is 1. The van der Waals surface area contributed by atoms with Gasteiger partial charge in [0.05, 0.1) is 23.5 Å². The van der Waals surface area contributed by atoms with E-state index in [9.17, 15) is 9.90 Å². The number of fused-ring (bicyclic) bond motifs is 1. The van der Waals surface area contributed by atoms with Crippen LogP contribution in [0.3, 0.4) is 0 Å². The zero-order valence-electron chi connectivity index (χ0n) is 19.0. The van der Waals surface area contributed by atoms with E-state index in [-0.39, 0.29) is 11.8 Å². The van der Waals surface area contributed by atoms with Crippen LogP contribution >= 0.6 is 0 Å². The average Bonchev–Trinajstić information content (AvgIpc) is 3.25. The predicted octanol–water partition coefficient (Wildman–Crippen LogP) is 4.47. The standard InChI is InChI=1S/C26H25N7O2/c27-15-17-8-10-19(11-9-17)31-26(35)29-13-12-28-24-14-22(20-6-1-2-7-23(20)34)32-25-21(16-30-33(24)25)18-4-3-5-18/h1-2,6-11,14,16,18,28,34H,3-5,12-13H2,(H2,29,31,35). The van der Waals surface area contributed by atoms with Gasteiger partial charge in [-0.25, -0.2) is 9.78 Å². The second kappa shape index (κ2) is 9.73. The van der Waals surface area contributed by atoms with Gasteiger partial charge in [0.2, 0.25) is 0 Å². The number of benzene rings is 2. The van der Waals surface area contributed by atoms with Crippen molar-refractivity contribution in [1.82, 2.24) is 19.9 Å². The van der Waals surface area contributed by atoms with Crippen LogP contribution in [0.15, 0.2) is 60.8 Å². The quantitative estimate of drug-likeness (QED) is 0.297. The Labute approximate surface area is 202 Å². The number of anilines is 2. The van der Waals surface area contributed by atoms with E-state index in [1.807, 2.05) is 30.5 Å². The number of nitrogens with zero attached hydrogens (tertiary/aromatic N) is 4. The van der Waals surface area contributed by atoms with Crippen LogP contribution in [0.5, 0.6) is 5.75 Å². The van der Waals surface area contributed by atoms with Gasteiger partial charge in [-0.15, -0.1) is 0 Å². The van der Waals surface area contributed by atoms with Crippen molar-refractivity contribution in [3.63, 3.8) is 0 Å². The number of carbonyl (C=O) groups is 1. The molecule has 9 nitrogen and oxygen atoms in total. The number of nitrogens with one attached hydrogen (secondary N) is 3. The third-order valence-corrected chi connectivity index (χ3v) is 6.21. The number of para-hydroxylation sites is 1. The molecule has 1 saturated carbocycles. The van der Waals surface area contributed by atoms with Gasteiger partial charge in [0, 0.05) is 36.0 Å². The van der Waals surface area contributed by atoms with Crippen molar-refractivity contribution in [2.75, 3.05) is 23.7 Å². The Morgan fingerprint density at radius 3 is 2.66 bits per heavy atom. The molecule has 4 aromatic rings. The molecule has 0 unspecified atom stereocenters. The predicted molar refractivity (Wildman–Crippen MR) is 133 cm³/mol. The molecule has 1 aliphatic carbocycles. The van der Waals surface area contributed by atoms with Gasteiger partial charge in [-0.05, 0) is 55.2 Å². The Kier molecular flexibility index (Phi) is 6.18. The Morgan fingerprint density at radius 1 is 1.14 bits per heavy atom. The highest BCUT2D eigenvalue weighted by Gasteiger charge is 2.25. The van der Waals surface area contributed by atoms with Gasteiger partial charge >= 0.3 is 6.03 Å². The number of nitriles is 1. The van der Waals surface area contributed by atoms with Crippen molar-refractivity contribution in [2.24, 2.45) is 0 Å². The summed E-state index contributed by atoms with van der Waals surface area (Å²) >= 11 is 0. The molecule has 2 aromatic carbocycles. The van der Waals surface area contributed by atoms with Gasteiger partial charge in [0.25, 0.3) is 0 Å². The minimum Gasteiger partial charge on any atom is -0.507 e. The van der Waals surface area contributed by atoms with Gasteiger partial charge in [-0.1, -0.05) is 18.6 Å². The van der Waals surface area contributed by atoms with Crippen molar-refractivity contribution >= 4 is 23.2 Å². The molecular weight excluding hydrogens is 442 g/mol. The first-order valence-corrected chi connectivity index (χ1v) is 11.6. The molecule has 35 heavy (non-hydrogen) atoms. The Balaban J connectivity index is 1.30. The number of aromatic nitrogens is 3. The lowest BCUT2D eigenvalue weighted by Crippen LogP contribution is -2.32. The van der Waals surface area contributed by atoms with E-state index in [1.165, 1.54) is 6.42 Å². The summed E-state index contributed by atoms with van der Waals surface area (Å²) in [6.07, 6.45) is 5.35. The summed E-state index contributed by atoms with van der Waals surface area (Å²) in [6.45, 7) is 0.827. The van der Waals surface area contributed by atoms with Crippen molar-refractivity contribution < 1.29 is 9.90 Å². The SMILES string of the molecule is N#Cc1ccc(NC(=O)NCCNc2cc(-c3ccccc3O)nc3c(C4CCC4)cnn23)cc1. The molecule has 176 valence electrons. The number of hydrogen-bond donors (Lipinski definition) is 4. The van der Waals surface area contributed by atoms with Gasteiger partial charge in [-0.3, -0.25) is 0 Å². The van der Waals surface area contributed by atoms with E-state index in [0.29, 0.717) is 41.5 Å². The number of phenolic OH excluding ortho intramolecular Hbond substituents is 1. The lowest BCUT2D eigenvalue weighted by Gasteiger charge is -2.24. The van der Waals surface area contributed by atoms with Crippen molar-refractivity contribution in [3.05, 3.63) is 71.9 Å². The summed E-state index contributed by atoms with van der Waals surface area (Å²) in [5.41, 5.74) is 4.36. The summed E-state index contributed by atoms with van der Waals surface area (Å²) in [4.78, 5) is 17.1. The Morgan fingerprint density at radius 2 is 1.94 bits per heavy atom. The molecule has 2 amide bonds. The summed E-state index contributed by atoms with van der Waals surface area (Å²) in [7, 11) is 0. The monoisotopic (exact) mass is 467 g/mol. The summed E-state index contributed by atoms with van der Waals surface area (Å²) < 4.78 is 1.79. The van der Waals surface area contributed by atoms with Crippen LogP contribution in [0.2, 0.25) is 0 Å². The maximum atomic E-state index is 12.2. The van der Waals surface area contributed by atoms with Crippen LogP contribution in [0, 0.1) is 11.3 Å². The second-order valence-electron chi connectivity index (χ2n) is 8.50. The van der Waals surface area contributed by atoms with E-state index < -0.39 is 0 Å². The van der Waals surface area contributed by atoms with Crippen LogP contribution < -0.4 is 16.0 Å². The van der Waals surface area contributed by atoms with E-state index >= 15 is 0 Å². The van der Waals surface area contributed by atoms with Crippen LogP contribution in [-0.2, 0) is 0 Å². The number of amides is 2. The first kappa shape index (κ1) is 22.2. The molecule has 0 atom stereocenters. The van der Waals surface area contributed by atoms with Crippen LogP contribution in [0.25, 0.3) is 16.9 Å². The minimum atomic E-state index is -0.336. The van der Waals surface area contributed by atoms with Gasteiger partial charge < -0.3 is 21.1 Å². The Hall–Kier alpha value is -4.58. The molecule has 5 rings (SSSR count). The van der Waals surface area contributed by atoms with Crippen molar-refractivity contribution in [3.8, 4) is 23.1 Å². The number of hydrogen-bond acceptors (Lipinski definition) is 6. The number of aromatic hydroxyl groups is 1. The zero-order chi connectivity index (χ0) is 24.2. The lowest BCUT2D eigenvalue weighted by atomic mass is 9.81. The zero-order valence-corrected chi connectivity index (χ0v) is 19.0. The first-order chi connectivity index (χ1) is 17.1. The van der Waals surface area contributed by atoms with E-state index in [2.05, 4.69) is 21.0 Å². The molecule has 4 N–H and O–H groups in total. The molecule has 1 aliphatic rings. The first-order valence-electron chi connectivity index (χ1n) is 11.6. The fourth-order valence-corrected chi connectivity index (χ4v) is 4.11. The highest BCUT2D eigenvalue weighted by Crippen LogP contribution is 2.39. The second-order valence-corrected chi connectivity index (χ2v) is 8.50. The topological polar surface area (TPSA) is 127 Å². The third kappa shape index (κ3) is 4.73. The van der Waals surface area contributed by atoms with Crippen molar-refractivity contribution in [2.45, 2.75) is 25.2 Å². The summed E-state index contributed by atoms with van der Waals surface area (Å²) in [5.74, 6) is 1.36. The third-order valence-electron chi connectivity index (χ3n) is 6.21.